The van der Waals surface area contributed by atoms with Crippen LogP contribution in [0.3, 0.4) is 0 Å². The van der Waals surface area contributed by atoms with Crippen molar-refractivity contribution in [2.24, 2.45) is 23.0 Å². The Labute approximate surface area is 148 Å². The van der Waals surface area contributed by atoms with Crippen molar-refractivity contribution in [1.29, 1.82) is 0 Å². The first-order chi connectivity index (χ1) is 11.9. The number of aryl methyl sites for hydroxylation is 1. The fraction of sp³-hybridized carbons (Fsp3) is 0.650. The quantitative estimate of drug-likeness (QED) is 0.856. The lowest BCUT2D eigenvalue weighted by molar-refractivity contribution is -0.0291. The van der Waals surface area contributed by atoms with Crippen molar-refractivity contribution in [3.8, 4) is 11.5 Å². The van der Waals surface area contributed by atoms with Crippen LogP contribution in [-0.4, -0.2) is 24.4 Å². The van der Waals surface area contributed by atoms with Crippen LogP contribution in [-0.2, 0) is 11.2 Å². The summed E-state index contributed by atoms with van der Waals surface area (Å²) in [6.07, 6.45) is 5.56. The zero-order valence-corrected chi connectivity index (χ0v) is 15.0. The molecule has 1 aromatic rings. The molecular formula is C20H27NO4. The molecule has 1 aromatic carbocycles. The van der Waals surface area contributed by atoms with E-state index in [4.69, 9.17) is 15.2 Å². The normalized spacial score (nSPS) is 36.1. The number of aromatic hydroxyl groups is 1. The van der Waals surface area contributed by atoms with Gasteiger partial charge in [-0.05, 0) is 79.5 Å². The minimum Gasteiger partial charge on any atom is -0.504 e. The predicted molar refractivity (Wildman–Crippen MR) is 93.7 cm³/mol. The van der Waals surface area contributed by atoms with E-state index in [2.05, 4.69) is 6.92 Å². The second-order valence-electron chi connectivity index (χ2n) is 8.19. The third kappa shape index (κ3) is 2.47. The minimum absolute atomic E-state index is 0.0364. The molecule has 0 aromatic heterocycles. The molecule has 0 aliphatic heterocycles. The van der Waals surface area contributed by atoms with Gasteiger partial charge in [-0.3, -0.25) is 0 Å². The molecule has 3 aliphatic rings. The smallest absolute Gasteiger partial charge is 0.404 e. The van der Waals surface area contributed by atoms with Crippen LogP contribution in [0.25, 0.3) is 0 Å². The third-order valence-electron chi connectivity index (χ3n) is 7.20. The molecule has 136 valence electrons. The Morgan fingerprint density at radius 1 is 1.28 bits per heavy atom. The van der Waals surface area contributed by atoms with Crippen LogP contribution in [0, 0.1) is 17.3 Å². The van der Waals surface area contributed by atoms with E-state index in [1.165, 1.54) is 11.1 Å². The van der Waals surface area contributed by atoms with Crippen LogP contribution >= 0.6 is 0 Å². The van der Waals surface area contributed by atoms with Crippen molar-refractivity contribution in [1.82, 2.24) is 0 Å². The van der Waals surface area contributed by atoms with Crippen molar-refractivity contribution in [2.75, 3.05) is 7.11 Å². The van der Waals surface area contributed by atoms with E-state index in [0.29, 0.717) is 23.5 Å². The van der Waals surface area contributed by atoms with Crippen molar-refractivity contribution < 1.29 is 19.4 Å². The van der Waals surface area contributed by atoms with Crippen molar-refractivity contribution in [3.63, 3.8) is 0 Å². The first-order valence-electron chi connectivity index (χ1n) is 9.30. The summed E-state index contributed by atoms with van der Waals surface area (Å²) in [5.74, 6) is 2.46. The van der Waals surface area contributed by atoms with Crippen molar-refractivity contribution in [2.45, 2.75) is 57.5 Å². The highest BCUT2D eigenvalue weighted by atomic mass is 16.6. The van der Waals surface area contributed by atoms with Gasteiger partial charge in [0.25, 0.3) is 0 Å². The van der Waals surface area contributed by atoms with Crippen LogP contribution in [0.5, 0.6) is 11.5 Å². The number of primary amides is 1. The molecule has 0 bridgehead atoms. The summed E-state index contributed by atoms with van der Waals surface area (Å²) in [6, 6.07) is 3.92. The van der Waals surface area contributed by atoms with Crippen molar-refractivity contribution >= 4 is 6.09 Å². The lowest BCUT2D eigenvalue weighted by Crippen LogP contribution is -2.45. The average molecular weight is 345 g/mol. The van der Waals surface area contributed by atoms with Crippen LogP contribution in [0.1, 0.15) is 56.1 Å². The second kappa shape index (κ2) is 5.82. The van der Waals surface area contributed by atoms with Gasteiger partial charge in [0.2, 0.25) is 0 Å². The Kier molecular flexibility index (Phi) is 3.85. The lowest BCUT2D eigenvalue weighted by atomic mass is 9.55. The summed E-state index contributed by atoms with van der Waals surface area (Å²) in [5.41, 5.74) is 7.93. The summed E-state index contributed by atoms with van der Waals surface area (Å²) < 4.78 is 10.8. The van der Waals surface area contributed by atoms with Gasteiger partial charge in [-0.1, -0.05) is 6.92 Å². The van der Waals surface area contributed by atoms with Gasteiger partial charge in [-0.15, -0.1) is 0 Å². The number of nitrogens with two attached hydrogens (primary N) is 1. The Morgan fingerprint density at radius 2 is 2.08 bits per heavy atom. The number of phenols is 1. The number of carbonyl (C=O) groups is 1. The van der Waals surface area contributed by atoms with E-state index in [0.717, 1.165) is 38.5 Å². The number of phenolic OH excluding ortho intramolecular Hbond substituents is 1. The van der Waals surface area contributed by atoms with E-state index < -0.39 is 6.09 Å². The maximum Gasteiger partial charge on any atom is 0.404 e. The fourth-order valence-corrected chi connectivity index (χ4v) is 6.04. The summed E-state index contributed by atoms with van der Waals surface area (Å²) in [6.45, 7) is 2.28. The van der Waals surface area contributed by atoms with Gasteiger partial charge in [-0.2, -0.15) is 0 Å². The SMILES string of the molecule is COc1cc2c(cc1O)CC[C@@H]1[C@@H]2CC[C@]2(C)[C@@H](OC(N)=O)CC[C@@H]12. The number of hydrogen-bond acceptors (Lipinski definition) is 4. The average Bonchev–Trinajstić information content (AvgIpc) is 2.90. The second-order valence-corrected chi connectivity index (χ2v) is 8.19. The third-order valence-corrected chi connectivity index (χ3v) is 7.20. The molecule has 1 amide bonds. The van der Waals surface area contributed by atoms with Crippen molar-refractivity contribution in [3.05, 3.63) is 23.3 Å². The Bertz CT molecular complexity index is 703. The van der Waals surface area contributed by atoms with E-state index in [9.17, 15) is 9.90 Å². The van der Waals surface area contributed by atoms with Crippen LogP contribution in [0.2, 0.25) is 0 Å². The summed E-state index contributed by atoms with van der Waals surface area (Å²) in [5, 5.41) is 10.1. The molecule has 0 spiro atoms. The van der Waals surface area contributed by atoms with Gasteiger partial charge >= 0.3 is 6.09 Å². The Hall–Kier alpha value is -1.91. The van der Waals surface area contributed by atoms with Gasteiger partial charge in [0.15, 0.2) is 11.5 Å². The summed E-state index contributed by atoms with van der Waals surface area (Å²) in [4.78, 5) is 11.3. The highest BCUT2D eigenvalue weighted by Gasteiger charge is 2.56. The van der Waals surface area contributed by atoms with Gasteiger partial charge in [-0.25, -0.2) is 4.79 Å². The highest BCUT2D eigenvalue weighted by molar-refractivity contribution is 5.65. The van der Waals surface area contributed by atoms with E-state index in [-0.39, 0.29) is 17.3 Å². The molecule has 3 N–H and O–H groups in total. The molecule has 5 atom stereocenters. The number of ether oxygens (including phenoxy) is 2. The Balaban J connectivity index is 1.65. The summed E-state index contributed by atoms with van der Waals surface area (Å²) >= 11 is 0. The summed E-state index contributed by atoms with van der Waals surface area (Å²) in [7, 11) is 1.60. The zero-order valence-electron chi connectivity index (χ0n) is 15.0. The predicted octanol–water partition coefficient (Wildman–Crippen LogP) is 3.72. The molecule has 0 unspecified atom stereocenters. The first kappa shape index (κ1) is 16.6. The standard InChI is InChI=1S/C20H27NO4/c1-20-8-7-12-13(15(20)5-6-18(20)25-19(21)23)4-3-11-9-16(22)17(24-2)10-14(11)12/h9-10,12-13,15,18,22H,3-8H2,1-2H3,(H2,21,23)/t12-,13+,15-,18-,20-/m0/s1. The van der Waals surface area contributed by atoms with Gasteiger partial charge in [0.1, 0.15) is 6.10 Å². The van der Waals surface area contributed by atoms with Gasteiger partial charge in [0, 0.05) is 5.41 Å². The van der Waals surface area contributed by atoms with E-state index in [1.54, 1.807) is 7.11 Å². The molecule has 25 heavy (non-hydrogen) atoms. The van der Waals surface area contributed by atoms with Crippen LogP contribution in [0.15, 0.2) is 12.1 Å². The number of benzene rings is 1. The van der Waals surface area contributed by atoms with Crippen LogP contribution < -0.4 is 10.5 Å². The monoisotopic (exact) mass is 345 g/mol. The number of carbonyl (C=O) groups excluding carboxylic acids is 1. The molecule has 4 rings (SSSR count). The maximum absolute atomic E-state index is 11.3. The number of methoxy groups -OCH3 is 1. The molecule has 0 saturated heterocycles. The lowest BCUT2D eigenvalue weighted by Gasteiger charge is -2.50. The highest BCUT2D eigenvalue weighted by Crippen LogP contribution is 2.61. The topological polar surface area (TPSA) is 81.8 Å². The molecule has 0 radical (unpaired) electrons. The number of hydrogen-bond donors (Lipinski definition) is 2. The Morgan fingerprint density at radius 3 is 2.80 bits per heavy atom. The van der Waals surface area contributed by atoms with Crippen LogP contribution in [0.4, 0.5) is 4.79 Å². The molecule has 2 fully saturated rings. The first-order valence-corrected chi connectivity index (χ1v) is 9.30. The number of rotatable bonds is 2. The fourth-order valence-electron chi connectivity index (χ4n) is 6.04. The number of fused-ring (bicyclic) bond motifs is 5. The molecule has 5 nitrogen and oxygen atoms in total. The van der Waals surface area contributed by atoms with Gasteiger partial charge < -0.3 is 20.3 Å². The zero-order chi connectivity index (χ0) is 17.8. The minimum atomic E-state index is -0.650. The molecular weight excluding hydrogens is 318 g/mol. The number of amides is 1. The largest absolute Gasteiger partial charge is 0.504 e. The maximum atomic E-state index is 11.3. The van der Waals surface area contributed by atoms with Gasteiger partial charge in [0.05, 0.1) is 7.11 Å². The molecule has 0 heterocycles. The molecule has 3 aliphatic carbocycles. The molecule has 2 saturated carbocycles. The van der Waals surface area contributed by atoms with E-state index in [1.807, 2.05) is 12.1 Å². The van der Waals surface area contributed by atoms with E-state index >= 15 is 0 Å². The molecule has 5 heteroatoms.